The summed E-state index contributed by atoms with van der Waals surface area (Å²) in [6, 6.07) is 4.63. The van der Waals surface area contributed by atoms with Crippen molar-refractivity contribution in [1.29, 1.82) is 0 Å². The van der Waals surface area contributed by atoms with Crippen molar-refractivity contribution in [2.45, 2.75) is 40.2 Å². The molecule has 20 heavy (non-hydrogen) atoms. The summed E-state index contributed by atoms with van der Waals surface area (Å²) >= 11 is 1.86. The van der Waals surface area contributed by atoms with Crippen LogP contribution in [-0.4, -0.2) is 42.3 Å². The van der Waals surface area contributed by atoms with Gasteiger partial charge in [0.25, 0.3) is 0 Å². The summed E-state index contributed by atoms with van der Waals surface area (Å²) in [5.74, 6) is 1.38. The standard InChI is InChI=1S/C17H27NOS/c1-12-9-13(2)17(14(3)10-12)16(19)11-18(5)15(4)7-8-20-6/h9-10,15H,7-8,11H2,1-6H3. The minimum Gasteiger partial charge on any atom is -0.296 e. The summed E-state index contributed by atoms with van der Waals surface area (Å²) in [6.45, 7) is 8.83. The first kappa shape index (κ1) is 17.3. The first-order chi connectivity index (χ1) is 9.36. The molecule has 3 heteroatoms. The lowest BCUT2D eigenvalue weighted by molar-refractivity contribution is 0.0922. The van der Waals surface area contributed by atoms with E-state index < -0.39 is 0 Å². The van der Waals surface area contributed by atoms with Crippen LogP contribution in [0.25, 0.3) is 0 Å². The van der Waals surface area contributed by atoms with Crippen LogP contribution in [0, 0.1) is 20.8 Å². The van der Waals surface area contributed by atoms with E-state index in [2.05, 4.69) is 37.1 Å². The van der Waals surface area contributed by atoms with Gasteiger partial charge < -0.3 is 0 Å². The predicted molar refractivity (Wildman–Crippen MR) is 90.1 cm³/mol. The lowest BCUT2D eigenvalue weighted by Crippen LogP contribution is -2.34. The zero-order valence-corrected chi connectivity index (χ0v) is 14.4. The molecule has 0 aromatic heterocycles. The van der Waals surface area contributed by atoms with Gasteiger partial charge in [-0.15, -0.1) is 0 Å². The Morgan fingerprint density at radius 3 is 2.30 bits per heavy atom. The van der Waals surface area contributed by atoms with Gasteiger partial charge in [0.05, 0.1) is 6.54 Å². The van der Waals surface area contributed by atoms with Crippen LogP contribution in [0.5, 0.6) is 0 Å². The molecule has 0 aliphatic heterocycles. The fourth-order valence-electron chi connectivity index (χ4n) is 2.59. The van der Waals surface area contributed by atoms with Crippen LogP contribution in [0.15, 0.2) is 12.1 Å². The summed E-state index contributed by atoms with van der Waals surface area (Å²) < 4.78 is 0. The largest absolute Gasteiger partial charge is 0.296 e. The third kappa shape index (κ3) is 4.64. The molecular weight excluding hydrogens is 266 g/mol. The van der Waals surface area contributed by atoms with Crippen LogP contribution in [0.2, 0.25) is 0 Å². The van der Waals surface area contributed by atoms with Crippen LogP contribution in [-0.2, 0) is 0 Å². The van der Waals surface area contributed by atoms with Gasteiger partial charge in [-0.05, 0) is 64.3 Å². The van der Waals surface area contributed by atoms with Gasteiger partial charge in [0, 0.05) is 11.6 Å². The van der Waals surface area contributed by atoms with E-state index in [0.29, 0.717) is 12.6 Å². The molecule has 2 nitrogen and oxygen atoms in total. The Balaban J connectivity index is 2.76. The molecule has 0 bridgehead atoms. The number of rotatable bonds is 7. The molecule has 1 aromatic carbocycles. The minimum atomic E-state index is 0.235. The first-order valence-electron chi connectivity index (χ1n) is 7.17. The van der Waals surface area contributed by atoms with E-state index in [4.69, 9.17) is 0 Å². The molecule has 0 saturated heterocycles. The number of thioether (sulfide) groups is 1. The van der Waals surface area contributed by atoms with Crippen molar-refractivity contribution in [3.63, 3.8) is 0 Å². The van der Waals surface area contributed by atoms with Gasteiger partial charge in [0.2, 0.25) is 0 Å². The highest BCUT2D eigenvalue weighted by atomic mass is 32.2. The topological polar surface area (TPSA) is 20.3 Å². The second-order valence-corrected chi connectivity index (χ2v) is 6.73. The van der Waals surface area contributed by atoms with Gasteiger partial charge in [0.15, 0.2) is 5.78 Å². The monoisotopic (exact) mass is 293 g/mol. The number of carbonyl (C=O) groups is 1. The molecule has 0 aliphatic carbocycles. The molecule has 0 aliphatic rings. The molecule has 0 saturated carbocycles. The van der Waals surface area contributed by atoms with E-state index in [9.17, 15) is 4.79 Å². The van der Waals surface area contributed by atoms with Gasteiger partial charge in [-0.1, -0.05) is 17.7 Å². The Bertz CT molecular complexity index is 447. The highest BCUT2D eigenvalue weighted by Gasteiger charge is 2.17. The lowest BCUT2D eigenvalue weighted by atomic mass is 9.96. The van der Waals surface area contributed by atoms with Gasteiger partial charge in [-0.25, -0.2) is 0 Å². The summed E-state index contributed by atoms with van der Waals surface area (Å²) in [6.07, 6.45) is 3.24. The number of hydrogen-bond donors (Lipinski definition) is 0. The summed E-state index contributed by atoms with van der Waals surface area (Å²) in [7, 11) is 2.04. The van der Waals surface area contributed by atoms with Crippen molar-refractivity contribution < 1.29 is 4.79 Å². The second-order valence-electron chi connectivity index (χ2n) is 5.74. The van der Waals surface area contributed by atoms with E-state index in [1.165, 1.54) is 5.56 Å². The fourth-order valence-corrected chi connectivity index (χ4v) is 3.17. The smallest absolute Gasteiger partial charge is 0.177 e. The highest BCUT2D eigenvalue weighted by Crippen LogP contribution is 2.18. The van der Waals surface area contributed by atoms with Gasteiger partial charge in [0.1, 0.15) is 0 Å². The normalized spacial score (nSPS) is 12.8. The Morgan fingerprint density at radius 1 is 1.25 bits per heavy atom. The Labute approximate surface area is 127 Å². The zero-order chi connectivity index (χ0) is 15.3. The van der Waals surface area contributed by atoms with E-state index >= 15 is 0 Å². The molecule has 0 spiro atoms. The maximum Gasteiger partial charge on any atom is 0.177 e. The average Bonchev–Trinajstić information content (AvgIpc) is 2.34. The average molecular weight is 293 g/mol. The molecule has 0 radical (unpaired) electrons. The fraction of sp³-hybridized carbons (Fsp3) is 0.588. The first-order valence-corrected chi connectivity index (χ1v) is 8.56. The Hall–Kier alpha value is -0.800. The molecule has 0 fully saturated rings. The summed E-state index contributed by atoms with van der Waals surface area (Å²) in [4.78, 5) is 14.7. The van der Waals surface area contributed by atoms with Crippen molar-refractivity contribution in [3.8, 4) is 0 Å². The van der Waals surface area contributed by atoms with E-state index in [1.54, 1.807) is 0 Å². The molecule has 0 N–H and O–H groups in total. The molecule has 1 unspecified atom stereocenters. The maximum atomic E-state index is 12.5. The number of aryl methyl sites for hydroxylation is 3. The summed E-state index contributed by atoms with van der Waals surface area (Å²) in [5.41, 5.74) is 4.31. The Kier molecular flexibility index (Phi) is 6.77. The number of benzene rings is 1. The van der Waals surface area contributed by atoms with Crippen molar-refractivity contribution in [2.24, 2.45) is 0 Å². The Morgan fingerprint density at radius 2 is 1.80 bits per heavy atom. The van der Waals surface area contributed by atoms with Crippen LogP contribution in [0.3, 0.4) is 0 Å². The van der Waals surface area contributed by atoms with Crippen molar-refractivity contribution in [3.05, 3.63) is 34.4 Å². The molecule has 1 rings (SSSR count). The van der Waals surface area contributed by atoms with Gasteiger partial charge >= 0.3 is 0 Å². The van der Waals surface area contributed by atoms with Gasteiger partial charge in [-0.3, -0.25) is 9.69 Å². The number of hydrogen-bond acceptors (Lipinski definition) is 3. The molecular formula is C17H27NOS. The van der Waals surface area contributed by atoms with Crippen molar-refractivity contribution in [2.75, 3.05) is 25.6 Å². The molecule has 0 heterocycles. The van der Waals surface area contributed by atoms with E-state index in [1.807, 2.05) is 32.7 Å². The van der Waals surface area contributed by atoms with Gasteiger partial charge in [-0.2, -0.15) is 11.8 Å². The quantitative estimate of drug-likeness (QED) is 0.712. The SMILES string of the molecule is CSCCC(C)N(C)CC(=O)c1c(C)cc(C)cc1C. The van der Waals surface area contributed by atoms with Crippen LogP contribution >= 0.6 is 11.8 Å². The molecule has 0 amide bonds. The highest BCUT2D eigenvalue weighted by molar-refractivity contribution is 7.98. The maximum absolute atomic E-state index is 12.5. The lowest BCUT2D eigenvalue weighted by Gasteiger charge is -2.24. The third-order valence-corrected chi connectivity index (χ3v) is 4.49. The number of Topliss-reactive ketones (excluding diaryl/α,β-unsaturated/α-hetero) is 1. The van der Waals surface area contributed by atoms with Crippen molar-refractivity contribution >= 4 is 17.5 Å². The number of carbonyl (C=O) groups excluding carboxylic acids is 1. The van der Waals surface area contributed by atoms with E-state index in [0.717, 1.165) is 28.9 Å². The second kappa shape index (κ2) is 7.84. The molecule has 112 valence electrons. The minimum absolute atomic E-state index is 0.235. The predicted octanol–water partition coefficient (Wildman–Crippen LogP) is 3.87. The summed E-state index contributed by atoms with van der Waals surface area (Å²) in [5, 5.41) is 0. The van der Waals surface area contributed by atoms with Crippen LogP contribution < -0.4 is 0 Å². The van der Waals surface area contributed by atoms with E-state index in [-0.39, 0.29) is 5.78 Å². The third-order valence-electron chi connectivity index (χ3n) is 3.84. The molecule has 1 aromatic rings. The number of nitrogens with zero attached hydrogens (tertiary/aromatic N) is 1. The zero-order valence-electron chi connectivity index (χ0n) is 13.6. The van der Waals surface area contributed by atoms with Crippen molar-refractivity contribution in [1.82, 2.24) is 4.90 Å². The van der Waals surface area contributed by atoms with Crippen LogP contribution in [0.4, 0.5) is 0 Å². The molecule has 1 atom stereocenters. The number of likely N-dealkylation sites (N-methyl/N-ethyl adjacent to an activating group) is 1. The number of ketones is 1. The van der Waals surface area contributed by atoms with Crippen LogP contribution in [0.1, 0.15) is 40.4 Å².